The van der Waals surface area contributed by atoms with E-state index in [2.05, 4.69) is 4.57 Å². The third-order valence-corrected chi connectivity index (χ3v) is 9.53. The predicted molar refractivity (Wildman–Crippen MR) is 171 cm³/mol. The Morgan fingerprint density at radius 3 is 2.19 bits per heavy atom. The molecule has 8 heteroatoms. The molecule has 0 aliphatic carbocycles. The Labute approximate surface area is 256 Å². The van der Waals surface area contributed by atoms with Gasteiger partial charge in [0.25, 0.3) is 0 Å². The number of ether oxygens (including phenoxy) is 1. The molecule has 1 amide bonds. The van der Waals surface area contributed by atoms with E-state index in [9.17, 15) is 13.2 Å². The van der Waals surface area contributed by atoms with Crippen molar-refractivity contribution < 1.29 is 17.9 Å². The van der Waals surface area contributed by atoms with Crippen molar-refractivity contribution in [3.05, 3.63) is 119 Å². The summed E-state index contributed by atoms with van der Waals surface area (Å²) >= 11 is 0. The number of amides is 1. The van der Waals surface area contributed by atoms with E-state index in [4.69, 9.17) is 4.74 Å². The lowest BCUT2D eigenvalue weighted by atomic mass is 10.1. The largest absolute Gasteiger partial charge is 0.497 e. The van der Waals surface area contributed by atoms with Crippen LogP contribution in [0.3, 0.4) is 0 Å². The van der Waals surface area contributed by atoms with E-state index in [0.29, 0.717) is 30.8 Å². The molecule has 7 nitrogen and oxygen atoms in total. The zero-order valence-corrected chi connectivity index (χ0v) is 26.9. The standard InChI is InChI=1S/C35H43N3O4S/c1-26(2)21-38(43(40,41)35-28(4)18-27(3)19-29(35)5)25-34(39)37(22-30-12-8-7-9-13-30)24-32-15-11-17-36(32)23-31-14-10-16-33(20-31)42-6/h7-20,26H,21-25H2,1-6H3. The van der Waals surface area contributed by atoms with Gasteiger partial charge in [-0.1, -0.05) is 74.0 Å². The second-order valence-corrected chi connectivity index (χ2v) is 13.5. The quantitative estimate of drug-likeness (QED) is 0.179. The van der Waals surface area contributed by atoms with Gasteiger partial charge in [-0.15, -0.1) is 0 Å². The van der Waals surface area contributed by atoms with Gasteiger partial charge in [0.05, 0.1) is 25.1 Å². The maximum Gasteiger partial charge on any atom is 0.244 e. The molecular weight excluding hydrogens is 558 g/mol. The molecule has 0 spiro atoms. The van der Waals surface area contributed by atoms with Crippen LogP contribution >= 0.6 is 0 Å². The molecule has 1 aromatic heterocycles. The molecule has 0 unspecified atom stereocenters. The molecule has 0 radical (unpaired) electrons. The Balaban J connectivity index is 1.65. The number of carbonyl (C=O) groups is 1. The highest BCUT2D eigenvalue weighted by molar-refractivity contribution is 7.89. The SMILES string of the molecule is COc1cccc(Cn2cccc2CN(Cc2ccccc2)C(=O)CN(CC(C)C)S(=O)(=O)c2c(C)cc(C)cc2C)c1. The first-order valence-corrected chi connectivity index (χ1v) is 16.1. The normalized spacial score (nSPS) is 11.7. The Morgan fingerprint density at radius 2 is 1.53 bits per heavy atom. The zero-order chi connectivity index (χ0) is 31.1. The number of aromatic nitrogens is 1. The lowest BCUT2D eigenvalue weighted by Crippen LogP contribution is -2.44. The summed E-state index contributed by atoms with van der Waals surface area (Å²) < 4.78 is 37.1. The number of benzene rings is 3. The lowest BCUT2D eigenvalue weighted by Gasteiger charge is -2.29. The summed E-state index contributed by atoms with van der Waals surface area (Å²) in [6.45, 7) is 10.9. The van der Waals surface area contributed by atoms with E-state index in [1.165, 1.54) is 4.31 Å². The van der Waals surface area contributed by atoms with Crippen molar-refractivity contribution in [3.8, 4) is 5.75 Å². The second-order valence-electron chi connectivity index (χ2n) is 11.6. The lowest BCUT2D eigenvalue weighted by molar-refractivity contribution is -0.132. The van der Waals surface area contributed by atoms with Crippen LogP contribution < -0.4 is 4.74 Å². The summed E-state index contributed by atoms with van der Waals surface area (Å²) in [7, 11) is -2.27. The molecule has 43 heavy (non-hydrogen) atoms. The fourth-order valence-corrected chi connectivity index (χ4v) is 7.52. The minimum atomic E-state index is -3.92. The third-order valence-electron chi connectivity index (χ3n) is 7.42. The van der Waals surface area contributed by atoms with Crippen molar-refractivity contribution in [2.75, 3.05) is 20.2 Å². The van der Waals surface area contributed by atoms with E-state index in [0.717, 1.165) is 28.1 Å². The smallest absolute Gasteiger partial charge is 0.244 e. The highest BCUT2D eigenvalue weighted by Crippen LogP contribution is 2.26. The predicted octanol–water partition coefficient (Wildman–Crippen LogP) is 6.35. The molecule has 0 bridgehead atoms. The average Bonchev–Trinajstić information content (AvgIpc) is 3.38. The van der Waals surface area contributed by atoms with Crippen molar-refractivity contribution in [2.24, 2.45) is 5.92 Å². The molecule has 0 N–H and O–H groups in total. The van der Waals surface area contributed by atoms with E-state index >= 15 is 0 Å². The summed E-state index contributed by atoms with van der Waals surface area (Å²) in [4.78, 5) is 16.2. The zero-order valence-electron chi connectivity index (χ0n) is 26.1. The van der Waals surface area contributed by atoms with E-state index in [-0.39, 0.29) is 29.8 Å². The number of aryl methyl sites for hydroxylation is 3. The number of nitrogens with zero attached hydrogens (tertiary/aromatic N) is 3. The third kappa shape index (κ3) is 8.15. The first-order valence-electron chi connectivity index (χ1n) is 14.6. The van der Waals surface area contributed by atoms with Gasteiger partial charge in [0.1, 0.15) is 5.75 Å². The number of methoxy groups -OCH3 is 1. The fourth-order valence-electron chi connectivity index (χ4n) is 5.55. The second kappa shape index (κ2) is 14.1. The van der Waals surface area contributed by atoms with E-state index in [1.54, 1.807) is 12.0 Å². The molecule has 4 aromatic rings. The molecule has 4 rings (SSSR count). The van der Waals surface area contributed by atoms with Gasteiger partial charge in [0.2, 0.25) is 15.9 Å². The maximum absolute atomic E-state index is 14.1. The van der Waals surface area contributed by atoms with Crippen LogP contribution in [0.1, 0.15) is 47.4 Å². The summed E-state index contributed by atoms with van der Waals surface area (Å²) in [5.41, 5.74) is 5.40. The molecule has 0 saturated carbocycles. The van der Waals surface area contributed by atoms with Crippen LogP contribution in [-0.4, -0.2) is 48.3 Å². The molecule has 0 atom stereocenters. The Morgan fingerprint density at radius 1 is 0.860 bits per heavy atom. The monoisotopic (exact) mass is 601 g/mol. The molecule has 3 aromatic carbocycles. The van der Waals surface area contributed by atoms with Crippen molar-refractivity contribution in [3.63, 3.8) is 0 Å². The van der Waals surface area contributed by atoms with Crippen molar-refractivity contribution >= 4 is 15.9 Å². The molecule has 0 fully saturated rings. The Bertz CT molecular complexity index is 1620. The molecule has 0 aliphatic heterocycles. The van der Waals surface area contributed by atoms with Crippen LogP contribution in [0.5, 0.6) is 5.75 Å². The van der Waals surface area contributed by atoms with Gasteiger partial charge in [-0.25, -0.2) is 8.42 Å². The van der Waals surface area contributed by atoms with Gasteiger partial charge < -0.3 is 14.2 Å². The van der Waals surface area contributed by atoms with Gasteiger partial charge in [-0.3, -0.25) is 4.79 Å². The highest BCUT2D eigenvalue weighted by atomic mass is 32.2. The number of sulfonamides is 1. The summed E-state index contributed by atoms with van der Waals surface area (Å²) in [6.07, 6.45) is 2.00. The van der Waals surface area contributed by atoms with Crippen LogP contribution in [0, 0.1) is 26.7 Å². The first-order chi connectivity index (χ1) is 20.5. The van der Waals surface area contributed by atoms with Gasteiger partial charge >= 0.3 is 0 Å². The van der Waals surface area contributed by atoms with Gasteiger partial charge in [-0.2, -0.15) is 4.31 Å². The minimum Gasteiger partial charge on any atom is -0.497 e. The molecule has 0 aliphatic rings. The molecule has 228 valence electrons. The van der Waals surface area contributed by atoms with Crippen LogP contribution in [0.2, 0.25) is 0 Å². The van der Waals surface area contributed by atoms with Crippen molar-refractivity contribution in [1.29, 1.82) is 0 Å². The summed E-state index contributed by atoms with van der Waals surface area (Å²) in [5.74, 6) is 0.582. The van der Waals surface area contributed by atoms with Crippen LogP contribution in [0.4, 0.5) is 0 Å². The van der Waals surface area contributed by atoms with Crippen LogP contribution in [-0.2, 0) is 34.5 Å². The molecular formula is C35H43N3O4S. The summed E-state index contributed by atoms with van der Waals surface area (Å²) in [5, 5.41) is 0. The van der Waals surface area contributed by atoms with Crippen molar-refractivity contribution in [2.45, 2.75) is 59.1 Å². The van der Waals surface area contributed by atoms with Gasteiger partial charge in [0, 0.05) is 31.5 Å². The number of hydrogen-bond acceptors (Lipinski definition) is 4. The highest BCUT2D eigenvalue weighted by Gasteiger charge is 2.32. The van der Waals surface area contributed by atoms with Crippen molar-refractivity contribution in [1.82, 2.24) is 13.8 Å². The minimum absolute atomic E-state index is 0.0382. The van der Waals surface area contributed by atoms with Crippen LogP contribution in [0.15, 0.2) is 90.0 Å². The van der Waals surface area contributed by atoms with Crippen LogP contribution in [0.25, 0.3) is 0 Å². The first kappa shape index (κ1) is 32.0. The Hall–Kier alpha value is -3.88. The molecule has 0 saturated heterocycles. The van der Waals surface area contributed by atoms with E-state index in [1.807, 2.05) is 120 Å². The fraction of sp³-hybridized carbons (Fsp3) is 0.343. The summed E-state index contributed by atoms with van der Waals surface area (Å²) in [6, 6.07) is 25.5. The topological polar surface area (TPSA) is 71.8 Å². The van der Waals surface area contributed by atoms with Gasteiger partial charge in [-0.05, 0) is 73.2 Å². The number of hydrogen-bond donors (Lipinski definition) is 0. The van der Waals surface area contributed by atoms with E-state index < -0.39 is 10.0 Å². The Kier molecular flexibility index (Phi) is 10.5. The average molecular weight is 602 g/mol. The molecule has 1 heterocycles. The maximum atomic E-state index is 14.1. The number of carbonyl (C=O) groups excluding carboxylic acids is 1. The number of rotatable bonds is 13. The van der Waals surface area contributed by atoms with Gasteiger partial charge in [0.15, 0.2) is 0 Å².